The maximum Gasteiger partial charge on any atom is 0.168 e. The summed E-state index contributed by atoms with van der Waals surface area (Å²) in [5.41, 5.74) is 3.06. The van der Waals surface area contributed by atoms with Crippen LogP contribution in [0.1, 0.15) is 12.1 Å². The van der Waals surface area contributed by atoms with Crippen LogP contribution in [0, 0.1) is 0 Å². The van der Waals surface area contributed by atoms with E-state index < -0.39 is 0 Å². The van der Waals surface area contributed by atoms with Crippen LogP contribution < -0.4 is 10.2 Å². The molecule has 2 heterocycles. The van der Waals surface area contributed by atoms with Crippen molar-refractivity contribution in [3.8, 4) is 11.3 Å². The third-order valence-electron chi connectivity index (χ3n) is 4.58. The summed E-state index contributed by atoms with van der Waals surface area (Å²) in [6, 6.07) is 20.6. The summed E-state index contributed by atoms with van der Waals surface area (Å²) in [5, 5.41) is 8.42. The fourth-order valence-corrected chi connectivity index (χ4v) is 3.46. The van der Waals surface area contributed by atoms with Crippen LogP contribution in [0.5, 0.6) is 0 Å². The highest BCUT2D eigenvalue weighted by molar-refractivity contribution is 6.33. The van der Waals surface area contributed by atoms with E-state index in [0.717, 1.165) is 30.8 Å². The number of benzene rings is 2. The molecule has 1 fully saturated rings. The van der Waals surface area contributed by atoms with Gasteiger partial charge in [0, 0.05) is 43.0 Å². The van der Waals surface area contributed by atoms with Crippen LogP contribution in [0.15, 0.2) is 65.2 Å². The van der Waals surface area contributed by atoms with E-state index in [9.17, 15) is 0 Å². The van der Waals surface area contributed by atoms with E-state index in [2.05, 4.69) is 45.7 Å². The Hall–Kier alpha value is -2.30. The van der Waals surface area contributed by atoms with Gasteiger partial charge < -0.3 is 14.7 Å². The molecule has 0 radical (unpaired) electrons. The molecule has 1 unspecified atom stereocenters. The lowest BCUT2D eigenvalue weighted by atomic mass is 10.1. The molecular formula is C20H20ClN3O. The van der Waals surface area contributed by atoms with Crippen LogP contribution in [-0.4, -0.2) is 24.3 Å². The van der Waals surface area contributed by atoms with Gasteiger partial charge in [-0.2, -0.15) is 0 Å². The van der Waals surface area contributed by atoms with Crippen LogP contribution in [0.2, 0.25) is 5.02 Å². The number of rotatable bonds is 5. The van der Waals surface area contributed by atoms with Gasteiger partial charge in [0.05, 0.1) is 10.7 Å². The third-order valence-corrected chi connectivity index (χ3v) is 4.91. The molecule has 4 nitrogen and oxygen atoms in total. The van der Waals surface area contributed by atoms with Gasteiger partial charge in [-0.25, -0.2) is 0 Å². The van der Waals surface area contributed by atoms with Gasteiger partial charge in [0.15, 0.2) is 5.76 Å². The first-order valence-electron chi connectivity index (χ1n) is 8.53. The molecule has 1 aliphatic rings. The highest BCUT2D eigenvalue weighted by Gasteiger charge is 2.22. The molecule has 0 amide bonds. The predicted octanol–water partition coefficient (Wildman–Crippen LogP) is 4.36. The molecular weight excluding hydrogens is 334 g/mol. The maximum absolute atomic E-state index is 6.21. The standard InChI is InChI=1S/C20H20ClN3O/c21-19-9-5-4-8-18(19)20-12-16(23-25-20)13-22-15-10-11-24(14-15)17-6-2-1-3-7-17/h1-9,12,15,22H,10-11,13-14H2. The second kappa shape index (κ2) is 7.30. The Kier molecular flexibility index (Phi) is 4.72. The topological polar surface area (TPSA) is 41.3 Å². The third kappa shape index (κ3) is 3.70. The molecule has 1 aromatic heterocycles. The highest BCUT2D eigenvalue weighted by atomic mass is 35.5. The van der Waals surface area contributed by atoms with E-state index in [1.54, 1.807) is 0 Å². The molecule has 25 heavy (non-hydrogen) atoms. The molecule has 128 valence electrons. The van der Waals surface area contributed by atoms with Gasteiger partial charge in [-0.15, -0.1) is 0 Å². The average Bonchev–Trinajstić information content (AvgIpc) is 3.31. The molecule has 0 bridgehead atoms. The largest absolute Gasteiger partial charge is 0.370 e. The van der Waals surface area contributed by atoms with E-state index in [-0.39, 0.29) is 0 Å². The first-order valence-corrected chi connectivity index (χ1v) is 8.91. The van der Waals surface area contributed by atoms with E-state index in [1.807, 2.05) is 30.3 Å². The Balaban J connectivity index is 1.35. The van der Waals surface area contributed by atoms with E-state index >= 15 is 0 Å². The van der Waals surface area contributed by atoms with E-state index in [0.29, 0.717) is 23.4 Å². The molecule has 0 spiro atoms. The molecule has 0 aliphatic carbocycles. The summed E-state index contributed by atoms with van der Waals surface area (Å²) in [4.78, 5) is 2.41. The monoisotopic (exact) mass is 353 g/mol. The SMILES string of the molecule is Clc1ccccc1-c1cc(CNC2CCN(c3ccccc3)C2)no1. The number of nitrogens with zero attached hydrogens (tertiary/aromatic N) is 2. The van der Waals surface area contributed by atoms with Gasteiger partial charge in [0.25, 0.3) is 0 Å². The van der Waals surface area contributed by atoms with Gasteiger partial charge in [-0.3, -0.25) is 0 Å². The molecule has 5 heteroatoms. The van der Waals surface area contributed by atoms with Crippen molar-refractivity contribution in [2.45, 2.75) is 19.0 Å². The molecule has 4 rings (SSSR count). The van der Waals surface area contributed by atoms with Gasteiger partial charge in [0.1, 0.15) is 0 Å². The van der Waals surface area contributed by atoms with Crippen molar-refractivity contribution in [1.29, 1.82) is 0 Å². The lowest BCUT2D eigenvalue weighted by molar-refractivity contribution is 0.416. The maximum atomic E-state index is 6.21. The van der Waals surface area contributed by atoms with Gasteiger partial charge in [0.2, 0.25) is 0 Å². The first kappa shape index (κ1) is 16.2. The van der Waals surface area contributed by atoms with Crippen LogP contribution in [-0.2, 0) is 6.54 Å². The number of nitrogens with one attached hydrogen (secondary N) is 1. The molecule has 2 aromatic carbocycles. The molecule has 1 aliphatic heterocycles. The first-order chi connectivity index (χ1) is 12.3. The fraction of sp³-hybridized carbons (Fsp3) is 0.250. The number of aromatic nitrogens is 1. The van der Waals surface area contributed by atoms with Gasteiger partial charge in [-0.05, 0) is 30.7 Å². The Labute approximate surface area is 152 Å². The van der Waals surface area contributed by atoms with Crippen molar-refractivity contribution in [2.75, 3.05) is 18.0 Å². The minimum Gasteiger partial charge on any atom is -0.370 e. The summed E-state index contributed by atoms with van der Waals surface area (Å²) < 4.78 is 5.45. The summed E-state index contributed by atoms with van der Waals surface area (Å²) >= 11 is 6.21. The number of halogens is 1. The lowest BCUT2D eigenvalue weighted by Gasteiger charge is -2.18. The average molecular weight is 354 g/mol. The van der Waals surface area contributed by atoms with Crippen LogP contribution in [0.3, 0.4) is 0 Å². The number of para-hydroxylation sites is 1. The predicted molar refractivity (Wildman–Crippen MR) is 101 cm³/mol. The Morgan fingerprint density at radius 2 is 1.92 bits per heavy atom. The number of hydrogen-bond acceptors (Lipinski definition) is 4. The lowest BCUT2D eigenvalue weighted by Crippen LogP contribution is -2.32. The van der Waals surface area contributed by atoms with Crippen molar-refractivity contribution < 1.29 is 4.52 Å². The van der Waals surface area contributed by atoms with Crippen molar-refractivity contribution in [3.63, 3.8) is 0 Å². The zero-order chi connectivity index (χ0) is 17.1. The number of hydrogen-bond donors (Lipinski definition) is 1. The molecule has 3 aromatic rings. The van der Waals surface area contributed by atoms with Crippen molar-refractivity contribution in [1.82, 2.24) is 10.5 Å². The molecule has 0 saturated carbocycles. The summed E-state index contributed by atoms with van der Waals surface area (Å²) in [6.45, 7) is 2.78. The molecule has 1 saturated heterocycles. The molecule has 1 atom stereocenters. The zero-order valence-electron chi connectivity index (χ0n) is 13.9. The van der Waals surface area contributed by atoms with Gasteiger partial charge in [-0.1, -0.05) is 47.1 Å². The van der Waals surface area contributed by atoms with Crippen LogP contribution >= 0.6 is 11.6 Å². The quantitative estimate of drug-likeness (QED) is 0.739. The van der Waals surface area contributed by atoms with Crippen LogP contribution in [0.4, 0.5) is 5.69 Å². The van der Waals surface area contributed by atoms with Gasteiger partial charge >= 0.3 is 0 Å². The smallest absolute Gasteiger partial charge is 0.168 e. The fourth-order valence-electron chi connectivity index (χ4n) is 3.23. The van der Waals surface area contributed by atoms with E-state index in [1.165, 1.54) is 5.69 Å². The Morgan fingerprint density at radius 1 is 1.12 bits per heavy atom. The van der Waals surface area contributed by atoms with E-state index in [4.69, 9.17) is 16.1 Å². The Bertz CT molecular complexity index is 834. The Morgan fingerprint density at radius 3 is 2.76 bits per heavy atom. The number of anilines is 1. The summed E-state index contributed by atoms with van der Waals surface area (Å²) in [5.74, 6) is 0.708. The molecule has 1 N–H and O–H groups in total. The van der Waals surface area contributed by atoms with Crippen LogP contribution in [0.25, 0.3) is 11.3 Å². The zero-order valence-corrected chi connectivity index (χ0v) is 14.6. The summed E-state index contributed by atoms with van der Waals surface area (Å²) in [6.07, 6.45) is 1.13. The minimum atomic E-state index is 0.459. The minimum absolute atomic E-state index is 0.459. The normalized spacial score (nSPS) is 17.2. The second-order valence-corrected chi connectivity index (χ2v) is 6.72. The highest BCUT2D eigenvalue weighted by Crippen LogP contribution is 2.28. The summed E-state index contributed by atoms with van der Waals surface area (Å²) in [7, 11) is 0. The second-order valence-electron chi connectivity index (χ2n) is 6.31. The van der Waals surface area contributed by atoms with Crippen molar-refractivity contribution in [2.24, 2.45) is 0 Å². The van der Waals surface area contributed by atoms with Crippen molar-refractivity contribution >= 4 is 17.3 Å². The van der Waals surface area contributed by atoms with Crippen molar-refractivity contribution in [3.05, 3.63) is 71.4 Å².